The Labute approximate surface area is 373 Å². The van der Waals surface area contributed by atoms with Crippen molar-refractivity contribution in [3.63, 3.8) is 0 Å². The fourth-order valence-corrected chi connectivity index (χ4v) is 13.0. The molecule has 4 fully saturated rings. The number of rotatable bonds is 12. The van der Waals surface area contributed by atoms with E-state index in [-0.39, 0.29) is 45.6 Å². The first-order valence-corrected chi connectivity index (χ1v) is 23.0. The van der Waals surface area contributed by atoms with Crippen LogP contribution in [-0.2, 0) is 42.9 Å². The lowest BCUT2D eigenvalue weighted by Crippen LogP contribution is -2.66. The van der Waals surface area contributed by atoms with Crippen molar-refractivity contribution >= 4 is 99.4 Å². The Morgan fingerprint density at radius 1 is 0.759 bits per heavy atom. The van der Waals surface area contributed by atoms with E-state index in [1.165, 1.54) is 12.5 Å². The van der Waals surface area contributed by atoms with E-state index in [1.54, 1.807) is 0 Å². The molecular weight excluding hydrogens is 875 g/mol. The summed E-state index contributed by atoms with van der Waals surface area (Å²) in [6.45, 7) is 16.0. The summed E-state index contributed by atoms with van der Waals surface area (Å²) in [6.07, 6.45) is 9.85. The number of carbonyl (C=O) groups excluding carboxylic acids is 5. The molecule has 0 unspecified atom stereocenters. The fourth-order valence-electron chi connectivity index (χ4n) is 12.7. The lowest BCUT2D eigenvalue weighted by Gasteiger charge is -2.71. The van der Waals surface area contributed by atoms with E-state index in [9.17, 15) is 24.0 Å². The molecule has 0 aliphatic heterocycles. The van der Waals surface area contributed by atoms with Crippen molar-refractivity contribution in [2.75, 3.05) is 19.8 Å². The minimum atomic E-state index is -1.88. The summed E-state index contributed by atoms with van der Waals surface area (Å²) in [4.78, 5) is 60.2. The van der Waals surface area contributed by atoms with Crippen LogP contribution in [0.1, 0.15) is 113 Å². The Kier molecular flexibility index (Phi) is 14.5. The fraction of sp³-hybridized carbons (Fsp3) is 0.833. The van der Waals surface area contributed by atoms with Gasteiger partial charge in [0, 0.05) is 12.3 Å². The second-order valence-electron chi connectivity index (χ2n) is 19.2. The quantitative estimate of drug-likeness (QED) is 0.0880. The normalized spacial score (nSPS) is 36.7. The zero-order valence-electron chi connectivity index (χ0n) is 34.7. The van der Waals surface area contributed by atoms with Crippen LogP contribution < -0.4 is 5.32 Å². The van der Waals surface area contributed by atoms with Crippen molar-refractivity contribution in [3.05, 3.63) is 11.6 Å². The summed E-state index contributed by atoms with van der Waals surface area (Å²) in [5.41, 5.74) is -1.85. The first kappa shape index (κ1) is 47.9. The van der Waals surface area contributed by atoms with Gasteiger partial charge in [-0.3, -0.25) is 14.4 Å². The van der Waals surface area contributed by atoms with Crippen molar-refractivity contribution in [2.24, 2.45) is 56.7 Å². The molecule has 58 heavy (non-hydrogen) atoms. The molecule has 0 bridgehead atoms. The van der Waals surface area contributed by atoms with E-state index in [0.29, 0.717) is 30.6 Å². The number of fused-ring (bicyclic) bond motifs is 7. The van der Waals surface area contributed by atoms with Crippen molar-refractivity contribution in [3.8, 4) is 0 Å². The first-order valence-electron chi connectivity index (χ1n) is 20.4. The molecule has 5 aliphatic carbocycles. The van der Waals surface area contributed by atoms with E-state index in [0.717, 1.165) is 44.9 Å². The molecule has 5 rings (SSSR count). The van der Waals surface area contributed by atoms with E-state index in [2.05, 4.69) is 59.9 Å². The Morgan fingerprint density at radius 3 is 1.90 bits per heavy atom. The number of allylic oxidation sites excluding steroid dienone is 2. The third-order valence-corrected chi connectivity index (χ3v) is 17.2. The maximum atomic E-state index is 15.0. The number of carbonyl (C=O) groups is 5. The van der Waals surface area contributed by atoms with E-state index >= 15 is 0 Å². The standard InChI is InChI=1S/C42H59Cl6NO9/c1-22-11-16-42(36(54)57-21-41(49-33(51)30(43)44,19-55-34(52)31(45)46)20-56-35(53)32(47)48)18-17-39(7)25(29(42)23(22)2)9-10-27-38(6)14-13-28(58-24(3)50)37(4,5)26(38)12-15-40(27,39)8/h9,22-23,26-32H,10-21H2,1-8H3,(H,49,51)/t22-,23+,26+,27-,28+,29+,38+,39-,40-,42+/m1/s1. The molecule has 1 amide bonds. The van der Waals surface area contributed by atoms with Gasteiger partial charge in [-0.2, -0.15) is 0 Å². The number of esters is 4. The van der Waals surface area contributed by atoms with Crippen LogP contribution in [-0.4, -0.2) is 75.8 Å². The third kappa shape index (κ3) is 8.49. The van der Waals surface area contributed by atoms with Crippen molar-refractivity contribution in [1.29, 1.82) is 0 Å². The summed E-state index contributed by atoms with van der Waals surface area (Å²) in [5, 5.41) is 2.55. The molecule has 16 heteroatoms. The van der Waals surface area contributed by atoms with Crippen molar-refractivity contribution in [1.82, 2.24) is 5.32 Å². The highest BCUT2D eigenvalue weighted by Crippen LogP contribution is 2.76. The van der Waals surface area contributed by atoms with Gasteiger partial charge in [0.2, 0.25) is 9.67 Å². The first-order chi connectivity index (χ1) is 26.8. The second-order valence-corrected chi connectivity index (χ2v) is 22.5. The number of halogens is 6. The Morgan fingerprint density at radius 2 is 1.34 bits per heavy atom. The molecule has 0 saturated heterocycles. The summed E-state index contributed by atoms with van der Waals surface area (Å²) in [7, 11) is 0. The monoisotopic (exact) mass is 931 g/mol. The number of hydrogen-bond acceptors (Lipinski definition) is 9. The molecule has 0 aromatic heterocycles. The summed E-state index contributed by atoms with van der Waals surface area (Å²) in [6, 6.07) is 0. The maximum absolute atomic E-state index is 15.0. The lowest BCUT2D eigenvalue weighted by atomic mass is 9.33. The molecule has 0 aromatic carbocycles. The molecule has 0 heterocycles. The number of alkyl halides is 6. The molecule has 328 valence electrons. The van der Waals surface area contributed by atoms with Crippen LogP contribution >= 0.6 is 69.6 Å². The highest BCUT2D eigenvalue weighted by atomic mass is 35.5. The number of ether oxygens (including phenoxy) is 4. The molecule has 10 nitrogen and oxygen atoms in total. The Balaban J connectivity index is 1.50. The van der Waals surface area contributed by atoms with Gasteiger partial charge in [-0.1, -0.05) is 130 Å². The summed E-state index contributed by atoms with van der Waals surface area (Å²) >= 11 is 34.8. The molecule has 0 spiro atoms. The average molecular weight is 935 g/mol. The van der Waals surface area contributed by atoms with Crippen LogP contribution in [0, 0.1) is 56.7 Å². The van der Waals surface area contributed by atoms with Gasteiger partial charge in [0.1, 0.15) is 31.5 Å². The van der Waals surface area contributed by atoms with Crippen LogP contribution in [0.5, 0.6) is 0 Å². The van der Waals surface area contributed by atoms with Gasteiger partial charge in [-0.25, -0.2) is 9.59 Å². The Hall–Kier alpha value is -1.17. The highest BCUT2D eigenvalue weighted by Gasteiger charge is 2.70. The molecule has 1 N–H and O–H groups in total. The lowest BCUT2D eigenvalue weighted by molar-refractivity contribution is -0.214. The molecule has 4 saturated carbocycles. The SMILES string of the molecule is CC(=O)O[C@H]1CC[C@]2(C)[C@H]3CC=C4[C@@H]5[C@@H](C)[C@H](C)CC[C@]5(C(=O)OCC(COC(=O)C(Cl)Cl)(COC(=O)C(Cl)Cl)NC(=O)C(Cl)Cl)CC[C@@]4(C)[C@]3(C)CC[C@H]2C1(C)C. The summed E-state index contributed by atoms with van der Waals surface area (Å²) < 4.78 is 22.8. The Bertz CT molecular complexity index is 1630. The average Bonchev–Trinajstić information content (AvgIpc) is 3.14. The number of nitrogens with one attached hydrogen (secondary N) is 1. The highest BCUT2D eigenvalue weighted by molar-refractivity contribution is 6.54. The van der Waals surface area contributed by atoms with Crippen molar-refractivity contribution in [2.45, 2.75) is 139 Å². The largest absolute Gasteiger partial charge is 0.462 e. The number of amides is 1. The second kappa shape index (κ2) is 17.5. The zero-order chi connectivity index (χ0) is 43.4. The van der Waals surface area contributed by atoms with Crippen LogP contribution in [0.25, 0.3) is 0 Å². The van der Waals surface area contributed by atoms with Gasteiger partial charge < -0.3 is 24.3 Å². The minimum absolute atomic E-state index is 0.0305. The van der Waals surface area contributed by atoms with Crippen molar-refractivity contribution < 1.29 is 42.9 Å². The number of hydrogen-bond donors (Lipinski definition) is 1. The topological polar surface area (TPSA) is 134 Å². The van der Waals surface area contributed by atoms with Gasteiger partial charge in [-0.05, 0) is 104 Å². The minimum Gasteiger partial charge on any atom is -0.462 e. The smallest absolute Gasteiger partial charge is 0.339 e. The summed E-state index contributed by atoms with van der Waals surface area (Å²) in [5.74, 6) is -2.60. The molecule has 5 aliphatic rings. The maximum Gasteiger partial charge on any atom is 0.339 e. The molecule has 0 aromatic rings. The van der Waals surface area contributed by atoms with E-state index in [1.807, 2.05) is 0 Å². The predicted molar refractivity (Wildman–Crippen MR) is 225 cm³/mol. The molecular formula is C42H59Cl6NO9. The van der Waals surface area contributed by atoms with Crippen LogP contribution in [0.2, 0.25) is 0 Å². The van der Waals surface area contributed by atoms with E-state index < -0.39 is 69.1 Å². The van der Waals surface area contributed by atoms with Crippen LogP contribution in [0.15, 0.2) is 11.6 Å². The van der Waals surface area contributed by atoms with Gasteiger partial charge in [0.15, 0.2) is 4.84 Å². The van der Waals surface area contributed by atoms with Crippen LogP contribution in [0.3, 0.4) is 0 Å². The molecule has 0 radical (unpaired) electrons. The van der Waals surface area contributed by atoms with Gasteiger partial charge in [0.25, 0.3) is 5.91 Å². The van der Waals surface area contributed by atoms with Crippen LogP contribution in [0.4, 0.5) is 0 Å². The predicted octanol–water partition coefficient (Wildman–Crippen LogP) is 9.47. The van der Waals surface area contributed by atoms with E-state index in [4.69, 9.17) is 88.6 Å². The zero-order valence-corrected chi connectivity index (χ0v) is 39.2. The van der Waals surface area contributed by atoms with Gasteiger partial charge in [-0.15, -0.1) is 0 Å². The third-order valence-electron chi connectivity index (χ3n) is 16.0. The van der Waals surface area contributed by atoms with Gasteiger partial charge in [0.05, 0.1) is 5.41 Å². The molecule has 10 atom stereocenters. The van der Waals surface area contributed by atoms with Gasteiger partial charge >= 0.3 is 23.9 Å².